The molecule has 0 saturated heterocycles. The largest absolute Gasteiger partial charge is 0.377 e. The molecule has 0 fully saturated rings. The highest BCUT2D eigenvalue weighted by atomic mass is 16.5. The monoisotopic (exact) mass is 154 g/mol. The number of carbonyl (C=O) groups is 1. The van der Waals surface area contributed by atoms with Crippen LogP contribution in [0.5, 0.6) is 0 Å². The number of hydrogen-bond donors (Lipinski definition) is 0. The van der Waals surface area contributed by atoms with Crippen LogP contribution >= 0.6 is 0 Å². The predicted molar refractivity (Wildman–Crippen MR) is 40.3 cm³/mol. The van der Waals surface area contributed by atoms with E-state index in [4.69, 9.17) is 10.3 Å². The van der Waals surface area contributed by atoms with Gasteiger partial charge in [-0.05, 0) is 0 Å². The number of ether oxygens (including phenoxy) is 1. The Balaban J connectivity index is 3.31. The van der Waals surface area contributed by atoms with Crippen LogP contribution in [0.2, 0.25) is 0 Å². The Hall–Kier alpha value is -1.25. The van der Waals surface area contributed by atoms with Crippen molar-refractivity contribution in [1.82, 2.24) is 0 Å². The molecule has 11 heavy (non-hydrogen) atoms. The second kappa shape index (κ2) is 6.86. The molecule has 0 aliphatic rings. The number of ketones is 1. The Morgan fingerprint density at radius 3 is 3.00 bits per heavy atom. The topological polar surface area (TPSA) is 62.7 Å². The first kappa shape index (κ1) is 9.75. The summed E-state index contributed by atoms with van der Waals surface area (Å²) < 4.78 is 4.92. The van der Waals surface area contributed by atoms with E-state index in [1.54, 1.807) is 6.08 Å². The van der Waals surface area contributed by atoms with Gasteiger partial charge < -0.3 is 10.3 Å². The van der Waals surface area contributed by atoms with Gasteiger partial charge in [-0.3, -0.25) is 4.79 Å². The minimum atomic E-state index is -0.253. The summed E-state index contributed by atoms with van der Waals surface area (Å²) in [4.78, 5) is 13.2. The molecule has 0 bridgehead atoms. The van der Waals surface area contributed by atoms with Gasteiger partial charge in [-0.25, -0.2) is 0 Å². The Kier molecular flexibility index (Phi) is 6.08. The smallest absolute Gasteiger partial charge is 0.323 e. The molecule has 0 atom stereocenters. The number of rotatable bonds is 6. The first-order chi connectivity index (χ1) is 5.31. The van der Waals surface area contributed by atoms with E-state index < -0.39 is 0 Å². The molecule has 0 aromatic rings. The van der Waals surface area contributed by atoms with Crippen LogP contribution < -0.4 is 0 Å². The van der Waals surface area contributed by atoms with Gasteiger partial charge >= 0.3 is 6.21 Å². The van der Waals surface area contributed by atoms with Gasteiger partial charge in [-0.15, -0.1) is 6.58 Å². The van der Waals surface area contributed by atoms with E-state index >= 15 is 0 Å². The Morgan fingerprint density at radius 2 is 2.45 bits per heavy atom. The molecule has 0 spiro atoms. The highest BCUT2D eigenvalue weighted by Crippen LogP contribution is 1.82. The molecular weight excluding hydrogens is 144 g/mol. The number of hydrogen-bond acceptors (Lipinski definition) is 2. The van der Waals surface area contributed by atoms with Crippen LogP contribution in [-0.2, 0) is 9.53 Å². The zero-order valence-electron chi connectivity index (χ0n) is 6.19. The highest BCUT2D eigenvalue weighted by molar-refractivity contribution is 6.25. The zero-order chi connectivity index (χ0) is 8.53. The lowest BCUT2D eigenvalue weighted by molar-refractivity contribution is -0.117. The quantitative estimate of drug-likeness (QED) is 0.183. The maximum atomic E-state index is 10.6. The summed E-state index contributed by atoms with van der Waals surface area (Å²) in [6.45, 7) is 4.20. The molecule has 0 aliphatic heterocycles. The Morgan fingerprint density at radius 1 is 1.73 bits per heavy atom. The van der Waals surface area contributed by atoms with Crippen LogP contribution in [0.1, 0.15) is 6.42 Å². The molecule has 0 saturated carbocycles. The van der Waals surface area contributed by atoms with Crippen LogP contribution in [0.25, 0.3) is 5.53 Å². The third kappa shape index (κ3) is 6.64. The van der Waals surface area contributed by atoms with Crippen molar-refractivity contribution in [3.05, 3.63) is 18.2 Å². The van der Waals surface area contributed by atoms with E-state index in [9.17, 15) is 4.79 Å². The van der Waals surface area contributed by atoms with Crippen LogP contribution in [-0.4, -0.2) is 30.0 Å². The lowest BCUT2D eigenvalue weighted by atomic mass is 10.3. The van der Waals surface area contributed by atoms with E-state index in [0.29, 0.717) is 13.2 Å². The van der Waals surface area contributed by atoms with Gasteiger partial charge in [0.2, 0.25) is 5.78 Å². The minimum Gasteiger partial charge on any atom is -0.377 e. The van der Waals surface area contributed by atoms with Crippen molar-refractivity contribution in [2.24, 2.45) is 0 Å². The van der Waals surface area contributed by atoms with Crippen molar-refractivity contribution in [2.45, 2.75) is 6.42 Å². The van der Waals surface area contributed by atoms with E-state index in [2.05, 4.69) is 11.4 Å². The number of nitrogens with zero attached hydrogens (tertiary/aromatic N) is 2. The zero-order valence-corrected chi connectivity index (χ0v) is 6.19. The third-order valence-corrected chi connectivity index (χ3v) is 0.930. The predicted octanol–water partition coefficient (Wildman–Crippen LogP) is 0.449. The fourth-order valence-electron chi connectivity index (χ4n) is 0.468. The van der Waals surface area contributed by atoms with Crippen molar-refractivity contribution in [2.75, 3.05) is 13.2 Å². The third-order valence-electron chi connectivity index (χ3n) is 0.930. The van der Waals surface area contributed by atoms with Crippen molar-refractivity contribution < 1.29 is 14.3 Å². The van der Waals surface area contributed by atoms with Crippen LogP contribution in [0.4, 0.5) is 0 Å². The second-order valence-electron chi connectivity index (χ2n) is 1.82. The van der Waals surface area contributed by atoms with Crippen molar-refractivity contribution >= 4 is 12.0 Å². The van der Waals surface area contributed by atoms with Gasteiger partial charge in [-0.1, -0.05) is 6.08 Å². The Bertz CT molecular complexity index is 183. The molecule has 0 radical (unpaired) electrons. The summed E-state index contributed by atoms with van der Waals surface area (Å²) in [5.41, 5.74) is 7.93. The van der Waals surface area contributed by atoms with Gasteiger partial charge in [0.1, 0.15) is 0 Å². The van der Waals surface area contributed by atoms with Crippen LogP contribution in [0, 0.1) is 0 Å². The van der Waals surface area contributed by atoms with E-state index in [1.807, 2.05) is 0 Å². The van der Waals surface area contributed by atoms with Gasteiger partial charge in [0.15, 0.2) is 0 Å². The fraction of sp³-hybridized carbons (Fsp3) is 0.429. The van der Waals surface area contributed by atoms with Crippen molar-refractivity contribution in [1.29, 1.82) is 0 Å². The lowest BCUT2D eigenvalue weighted by Gasteiger charge is -1.94. The highest BCUT2D eigenvalue weighted by Gasteiger charge is 2.00. The normalized spacial score (nSPS) is 8.36. The summed E-state index contributed by atoms with van der Waals surface area (Å²) in [5, 5.41) is 0. The molecule has 0 aromatic heterocycles. The average Bonchev–Trinajstić information content (AvgIpc) is 1.99. The van der Waals surface area contributed by atoms with Crippen molar-refractivity contribution in [3.8, 4) is 0 Å². The summed E-state index contributed by atoms with van der Waals surface area (Å²) in [5.74, 6) is -0.253. The molecule has 0 rings (SSSR count). The molecule has 60 valence electrons. The molecule has 0 heterocycles. The molecule has 4 heteroatoms. The molecule has 4 nitrogen and oxygen atoms in total. The molecule has 0 unspecified atom stereocenters. The molecule has 0 aromatic carbocycles. The van der Waals surface area contributed by atoms with Crippen molar-refractivity contribution in [3.63, 3.8) is 0 Å². The minimum absolute atomic E-state index is 0.234. The SMILES string of the molecule is C=CCOCCC(=O)C=[N+]=[N-]. The number of carbonyl (C=O) groups excluding carboxylic acids is 1. The standard InChI is InChI=1S/C7H10N2O2/c1-2-4-11-5-3-7(10)6-9-8/h2,6H,1,3-5H2. The van der Waals surface area contributed by atoms with E-state index in [0.717, 1.165) is 6.21 Å². The number of Topliss-reactive ketones (excluding diaryl/α,β-unsaturated/α-hetero) is 1. The molecule has 0 amide bonds. The van der Waals surface area contributed by atoms with Crippen LogP contribution in [0.3, 0.4) is 0 Å². The summed E-state index contributed by atoms with van der Waals surface area (Å²) >= 11 is 0. The van der Waals surface area contributed by atoms with E-state index in [-0.39, 0.29) is 12.2 Å². The maximum absolute atomic E-state index is 10.6. The van der Waals surface area contributed by atoms with Gasteiger partial charge in [0, 0.05) is 6.42 Å². The van der Waals surface area contributed by atoms with Crippen LogP contribution in [0.15, 0.2) is 12.7 Å². The lowest BCUT2D eigenvalue weighted by Crippen LogP contribution is -2.05. The molecular formula is C7H10N2O2. The molecule has 0 aliphatic carbocycles. The maximum Gasteiger partial charge on any atom is 0.323 e. The van der Waals surface area contributed by atoms with Gasteiger partial charge in [0.25, 0.3) is 0 Å². The Labute approximate surface area is 65.1 Å². The first-order valence-corrected chi connectivity index (χ1v) is 3.20. The summed E-state index contributed by atoms with van der Waals surface area (Å²) in [7, 11) is 0. The van der Waals surface area contributed by atoms with Gasteiger partial charge in [0.05, 0.1) is 13.2 Å². The summed E-state index contributed by atoms with van der Waals surface area (Å²) in [6.07, 6.45) is 2.69. The summed E-state index contributed by atoms with van der Waals surface area (Å²) in [6, 6.07) is 0. The van der Waals surface area contributed by atoms with E-state index in [1.165, 1.54) is 0 Å². The van der Waals surface area contributed by atoms with Gasteiger partial charge in [-0.2, -0.15) is 4.79 Å². The fourth-order valence-corrected chi connectivity index (χ4v) is 0.468. The average molecular weight is 154 g/mol. The molecule has 0 N–H and O–H groups in total. The first-order valence-electron chi connectivity index (χ1n) is 3.20. The second-order valence-corrected chi connectivity index (χ2v) is 1.82.